The summed E-state index contributed by atoms with van der Waals surface area (Å²) in [6.45, 7) is 11.7. The van der Waals surface area contributed by atoms with Gasteiger partial charge in [-0.2, -0.15) is 0 Å². The first kappa shape index (κ1) is 15.0. The molecular formula is C16H22N4O. The van der Waals surface area contributed by atoms with Gasteiger partial charge in [-0.25, -0.2) is 4.98 Å². The van der Waals surface area contributed by atoms with Gasteiger partial charge in [0.1, 0.15) is 17.7 Å². The largest absolute Gasteiger partial charge is 0.474 e. The first-order chi connectivity index (χ1) is 9.76. The first-order valence-corrected chi connectivity index (χ1v) is 6.81. The molecule has 2 aromatic rings. The summed E-state index contributed by atoms with van der Waals surface area (Å²) in [6.07, 6.45) is 1.72. The Labute approximate surface area is 125 Å². The number of anilines is 2. The molecular weight excluding hydrogens is 264 g/mol. The van der Waals surface area contributed by atoms with Crippen molar-refractivity contribution in [2.24, 2.45) is 0 Å². The number of hydrogen-bond acceptors (Lipinski definition) is 4. The highest BCUT2D eigenvalue weighted by Gasteiger charge is 2.12. The molecule has 1 heterocycles. The molecule has 5 heteroatoms. The van der Waals surface area contributed by atoms with Gasteiger partial charge in [-0.3, -0.25) is 4.57 Å². The number of aryl methyl sites for hydroxylation is 1. The molecule has 0 amide bonds. The number of imidazole rings is 1. The van der Waals surface area contributed by atoms with E-state index in [1.54, 1.807) is 6.33 Å². The standard InChI is InChI=1S/C16H22N4O/c1-11-15(17)20(10-18-11)14-8-6-13(7-9-14)19-12(2)21-16(3,4)5/h6-10,19H,2,17H2,1,3-5H3. The van der Waals surface area contributed by atoms with E-state index >= 15 is 0 Å². The smallest absolute Gasteiger partial charge is 0.184 e. The van der Waals surface area contributed by atoms with Crippen LogP contribution in [0.3, 0.4) is 0 Å². The van der Waals surface area contributed by atoms with Crippen molar-refractivity contribution in [2.75, 3.05) is 11.1 Å². The van der Waals surface area contributed by atoms with E-state index in [-0.39, 0.29) is 5.60 Å². The normalized spacial score (nSPS) is 11.2. The minimum Gasteiger partial charge on any atom is -0.474 e. The van der Waals surface area contributed by atoms with Crippen LogP contribution in [0.4, 0.5) is 11.5 Å². The Morgan fingerprint density at radius 1 is 1.29 bits per heavy atom. The Kier molecular flexibility index (Phi) is 3.93. The zero-order chi connectivity index (χ0) is 15.6. The van der Waals surface area contributed by atoms with Crippen LogP contribution in [0, 0.1) is 6.92 Å². The van der Waals surface area contributed by atoms with Crippen molar-refractivity contribution < 1.29 is 4.74 Å². The van der Waals surface area contributed by atoms with Crippen LogP contribution in [-0.4, -0.2) is 15.2 Å². The SMILES string of the molecule is C=C(Nc1ccc(-n2cnc(C)c2N)cc1)OC(C)(C)C. The molecule has 0 atom stereocenters. The van der Waals surface area contributed by atoms with Crippen LogP contribution >= 0.6 is 0 Å². The molecule has 112 valence electrons. The fourth-order valence-corrected chi connectivity index (χ4v) is 1.91. The van der Waals surface area contributed by atoms with Gasteiger partial charge in [-0.15, -0.1) is 0 Å². The predicted octanol–water partition coefficient (Wildman–Crippen LogP) is 3.46. The van der Waals surface area contributed by atoms with Crippen molar-refractivity contribution in [1.29, 1.82) is 0 Å². The monoisotopic (exact) mass is 286 g/mol. The maximum Gasteiger partial charge on any atom is 0.184 e. The summed E-state index contributed by atoms with van der Waals surface area (Å²) < 4.78 is 7.48. The van der Waals surface area contributed by atoms with Gasteiger partial charge in [0.2, 0.25) is 0 Å². The number of ether oxygens (including phenoxy) is 1. The topological polar surface area (TPSA) is 65.1 Å². The summed E-state index contributed by atoms with van der Waals surface area (Å²) >= 11 is 0. The first-order valence-electron chi connectivity index (χ1n) is 6.81. The summed E-state index contributed by atoms with van der Waals surface area (Å²) in [6, 6.07) is 7.82. The lowest BCUT2D eigenvalue weighted by molar-refractivity contribution is 0.0565. The molecule has 1 aromatic carbocycles. The van der Waals surface area contributed by atoms with Crippen LogP contribution in [0.2, 0.25) is 0 Å². The molecule has 21 heavy (non-hydrogen) atoms. The molecule has 0 saturated heterocycles. The third-order valence-electron chi connectivity index (χ3n) is 2.86. The number of nitrogen functional groups attached to an aromatic ring is 1. The highest BCUT2D eigenvalue weighted by Crippen LogP contribution is 2.20. The van der Waals surface area contributed by atoms with Gasteiger partial charge in [0.25, 0.3) is 0 Å². The van der Waals surface area contributed by atoms with E-state index in [0.717, 1.165) is 17.1 Å². The van der Waals surface area contributed by atoms with Crippen molar-refractivity contribution in [1.82, 2.24) is 9.55 Å². The summed E-state index contributed by atoms with van der Waals surface area (Å²) in [5.74, 6) is 1.17. The molecule has 0 radical (unpaired) electrons. The van der Waals surface area contributed by atoms with Crippen molar-refractivity contribution in [3.63, 3.8) is 0 Å². The van der Waals surface area contributed by atoms with Gasteiger partial charge < -0.3 is 15.8 Å². The number of hydrogen-bond donors (Lipinski definition) is 2. The van der Waals surface area contributed by atoms with Gasteiger partial charge in [-0.1, -0.05) is 0 Å². The Balaban J connectivity index is 2.09. The van der Waals surface area contributed by atoms with Crippen LogP contribution in [-0.2, 0) is 4.74 Å². The third-order valence-corrected chi connectivity index (χ3v) is 2.86. The molecule has 5 nitrogen and oxygen atoms in total. The molecule has 0 aliphatic carbocycles. The Bertz CT molecular complexity index is 635. The molecule has 0 aliphatic heterocycles. The van der Waals surface area contributed by atoms with E-state index in [4.69, 9.17) is 10.5 Å². The van der Waals surface area contributed by atoms with E-state index in [1.807, 2.05) is 56.5 Å². The highest BCUT2D eigenvalue weighted by molar-refractivity contribution is 5.53. The Morgan fingerprint density at radius 3 is 2.38 bits per heavy atom. The Morgan fingerprint density at radius 2 is 1.90 bits per heavy atom. The number of nitrogens with two attached hydrogens (primary N) is 1. The van der Waals surface area contributed by atoms with E-state index in [9.17, 15) is 0 Å². The Hall–Kier alpha value is -2.43. The van der Waals surface area contributed by atoms with E-state index in [0.29, 0.717) is 11.7 Å². The summed E-state index contributed by atoms with van der Waals surface area (Å²) in [4.78, 5) is 4.19. The average molecular weight is 286 g/mol. The number of nitrogens with one attached hydrogen (secondary N) is 1. The number of rotatable bonds is 4. The maximum atomic E-state index is 5.97. The predicted molar refractivity (Wildman–Crippen MR) is 86.3 cm³/mol. The second-order valence-corrected chi connectivity index (χ2v) is 5.89. The van der Waals surface area contributed by atoms with Gasteiger partial charge in [0.05, 0.1) is 5.69 Å². The van der Waals surface area contributed by atoms with E-state index < -0.39 is 0 Å². The van der Waals surface area contributed by atoms with Crippen LogP contribution in [0.25, 0.3) is 5.69 Å². The van der Waals surface area contributed by atoms with Crippen LogP contribution in [0.15, 0.2) is 43.1 Å². The molecule has 1 aromatic heterocycles. The number of nitrogens with zero attached hydrogens (tertiary/aromatic N) is 2. The van der Waals surface area contributed by atoms with Gasteiger partial charge >= 0.3 is 0 Å². The van der Waals surface area contributed by atoms with Gasteiger partial charge in [0.15, 0.2) is 5.88 Å². The lowest BCUT2D eigenvalue weighted by Crippen LogP contribution is -2.21. The highest BCUT2D eigenvalue weighted by atomic mass is 16.5. The van der Waals surface area contributed by atoms with Crippen LogP contribution < -0.4 is 11.1 Å². The molecule has 0 spiro atoms. The summed E-state index contributed by atoms with van der Waals surface area (Å²) in [7, 11) is 0. The summed E-state index contributed by atoms with van der Waals surface area (Å²) in [5.41, 5.74) is 8.39. The number of benzene rings is 1. The molecule has 0 aliphatic rings. The van der Waals surface area contributed by atoms with Gasteiger partial charge in [-0.05, 0) is 58.5 Å². The molecule has 3 N–H and O–H groups in total. The quantitative estimate of drug-likeness (QED) is 0.845. The van der Waals surface area contributed by atoms with Crippen LogP contribution in [0.5, 0.6) is 0 Å². The minimum atomic E-state index is -0.271. The fraction of sp³-hybridized carbons (Fsp3) is 0.312. The zero-order valence-corrected chi connectivity index (χ0v) is 13.0. The average Bonchev–Trinajstić information content (AvgIpc) is 2.69. The number of aromatic nitrogens is 2. The second-order valence-electron chi connectivity index (χ2n) is 5.89. The van der Waals surface area contributed by atoms with Crippen molar-refractivity contribution in [3.8, 4) is 5.69 Å². The molecule has 0 fully saturated rings. The maximum absolute atomic E-state index is 5.97. The second kappa shape index (κ2) is 5.52. The molecule has 2 rings (SSSR count). The lowest BCUT2D eigenvalue weighted by atomic mass is 10.2. The van der Waals surface area contributed by atoms with E-state index in [2.05, 4.69) is 16.9 Å². The minimum absolute atomic E-state index is 0.271. The molecule has 0 unspecified atom stereocenters. The molecule has 0 saturated carbocycles. The zero-order valence-electron chi connectivity index (χ0n) is 13.0. The van der Waals surface area contributed by atoms with Crippen LogP contribution in [0.1, 0.15) is 26.5 Å². The fourth-order valence-electron chi connectivity index (χ4n) is 1.91. The summed E-state index contributed by atoms with van der Waals surface area (Å²) in [5, 5.41) is 3.12. The van der Waals surface area contributed by atoms with Crippen molar-refractivity contribution in [2.45, 2.75) is 33.3 Å². The van der Waals surface area contributed by atoms with Crippen molar-refractivity contribution >= 4 is 11.5 Å². The molecule has 0 bridgehead atoms. The van der Waals surface area contributed by atoms with Crippen molar-refractivity contribution in [3.05, 3.63) is 48.7 Å². The van der Waals surface area contributed by atoms with Gasteiger partial charge in [0, 0.05) is 11.4 Å². The lowest BCUT2D eigenvalue weighted by Gasteiger charge is -2.23. The third kappa shape index (κ3) is 3.78. The van der Waals surface area contributed by atoms with E-state index in [1.165, 1.54) is 0 Å².